The second-order valence-electron chi connectivity index (χ2n) is 5.65. The Balaban J connectivity index is 1.79. The zero-order chi connectivity index (χ0) is 20.1. The van der Waals surface area contributed by atoms with Crippen molar-refractivity contribution < 1.29 is 19.4 Å². The van der Waals surface area contributed by atoms with Crippen LogP contribution in [0.1, 0.15) is 39.2 Å². The minimum absolute atomic E-state index is 0.0843. The predicted molar refractivity (Wildman–Crippen MR) is 97.3 cm³/mol. The number of nitrogens with one attached hydrogen (secondary N) is 1. The Hall–Kier alpha value is -4.06. The first-order chi connectivity index (χ1) is 13.5. The molecular formula is C19H15N5O4. The summed E-state index contributed by atoms with van der Waals surface area (Å²) < 4.78 is 4.89. The molecule has 28 heavy (non-hydrogen) atoms. The summed E-state index contributed by atoms with van der Waals surface area (Å²) in [5.41, 5.74) is 1.14. The molecule has 0 radical (unpaired) electrons. The number of ether oxygens (including phenoxy) is 1. The van der Waals surface area contributed by atoms with Gasteiger partial charge in [-0.3, -0.25) is 4.79 Å². The molecule has 0 bridgehead atoms. The molecule has 2 N–H and O–H groups in total. The minimum Gasteiger partial charge on any atom is -0.505 e. The average Bonchev–Trinajstić information content (AvgIpc) is 2.72. The van der Waals surface area contributed by atoms with E-state index in [4.69, 9.17) is 10.00 Å². The van der Waals surface area contributed by atoms with E-state index in [0.717, 1.165) is 0 Å². The third-order valence-electron chi connectivity index (χ3n) is 3.81. The molecule has 9 heteroatoms. The summed E-state index contributed by atoms with van der Waals surface area (Å²) in [5, 5.41) is 22.0. The van der Waals surface area contributed by atoms with E-state index in [1.807, 2.05) is 6.07 Å². The Morgan fingerprint density at radius 1 is 1.21 bits per heavy atom. The fourth-order valence-corrected chi connectivity index (χ4v) is 2.43. The van der Waals surface area contributed by atoms with Crippen molar-refractivity contribution in [2.75, 3.05) is 6.61 Å². The van der Waals surface area contributed by atoms with E-state index < -0.39 is 11.9 Å². The van der Waals surface area contributed by atoms with Crippen molar-refractivity contribution in [2.45, 2.75) is 13.5 Å². The Kier molecular flexibility index (Phi) is 5.41. The van der Waals surface area contributed by atoms with Gasteiger partial charge < -0.3 is 15.2 Å². The van der Waals surface area contributed by atoms with Crippen LogP contribution in [0.2, 0.25) is 0 Å². The molecule has 140 valence electrons. The third kappa shape index (κ3) is 3.86. The number of aromatic nitrogens is 3. The van der Waals surface area contributed by atoms with Crippen molar-refractivity contribution in [1.29, 1.82) is 5.26 Å². The van der Waals surface area contributed by atoms with Gasteiger partial charge in [-0.2, -0.15) is 5.26 Å². The maximum Gasteiger partial charge on any atom is 0.356 e. The van der Waals surface area contributed by atoms with Gasteiger partial charge >= 0.3 is 5.97 Å². The predicted octanol–water partition coefficient (Wildman–Crippen LogP) is 1.71. The number of nitriles is 1. The van der Waals surface area contributed by atoms with Gasteiger partial charge in [0.25, 0.3) is 5.91 Å². The Morgan fingerprint density at radius 3 is 2.71 bits per heavy atom. The monoisotopic (exact) mass is 377 g/mol. The molecule has 0 saturated carbocycles. The molecule has 0 aliphatic rings. The maximum atomic E-state index is 12.4. The summed E-state index contributed by atoms with van der Waals surface area (Å²) in [6, 6.07) is 8.01. The number of fused-ring (bicyclic) bond motifs is 1. The Morgan fingerprint density at radius 2 is 2.04 bits per heavy atom. The summed E-state index contributed by atoms with van der Waals surface area (Å²) in [6.45, 7) is 2.05. The van der Waals surface area contributed by atoms with E-state index in [2.05, 4.69) is 20.3 Å². The van der Waals surface area contributed by atoms with E-state index in [9.17, 15) is 14.7 Å². The van der Waals surface area contributed by atoms with Gasteiger partial charge in [0.15, 0.2) is 11.4 Å². The molecular weight excluding hydrogens is 362 g/mol. The fraction of sp³-hybridized carbons (Fsp3) is 0.158. The van der Waals surface area contributed by atoms with Gasteiger partial charge in [-0.05, 0) is 30.7 Å². The highest BCUT2D eigenvalue weighted by atomic mass is 16.5. The molecule has 0 atom stereocenters. The van der Waals surface area contributed by atoms with Gasteiger partial charge in [0.05, 0.1) is 18.3 Å². The van der Waals surface area contributed by atoms with Crippen LogP contribution in [0.15, 0.2) is 36.7 Å². The van der Waals surface area contributed by atoms with E-state index in [0.29, 0.717) is 5.56 Å². The number of pyridine rings is 3. The number of rotatable bonds is 5. The van der Waals surface area contributed by atoms with Crippen LogP contribution in [0.25, 0.3) is 10.9 Å². The van der Waals surface area contributed by atoms with Gasteiger partial charge in [0, 0.05) is 18.1 Å². The van der Waals surface area contributed by atoms with Crippen molar-refractivity contribution in [3.05, 3.63) is 59.3 Å². The first kappa shape index (κ1) is 18.7. The topological polar surface area (TPSA) is 138 Å². The molecule has 0 aliphatic heterocycles. The first-order valence-corrected chi connectivity index (χ1v) is 8.32. The summed E-state index contributed by atoms with van der Waals surface area (Å²) in [5.74, 6) is -1.50. The first-order valence-electron chi connectivity index (χ1n) is 8.32. The van der Waals surface area contributed by atoms with Crippen LogP contribution in [0.5, 0.6) is 5.75 Å². The van der Waals surface area contributed by atoms with Crippen molar-refractivity contribution in [3.8, 4) is 11.8 Å². The van der Waals surface area contributed by atoms with Crippen LogP contribution in [0, 0.1) is 11.3 Å². The van der Waals surface area contributed by atoms with Gasteiger partial charge in [-0.25, -0.2) is 19.7 Å². The zero-order valence-corrected chi connectivity index (χ0v) is 14.8. The van der Waals surface area contributed by atoms with Crippen LogP contribution >= 0.6 is 0 Å². The van der Waals surface area contributed by atoms with Crippen molar-refractivity contribution in [3.63, 3.8) is 0 Å². The lowest BCUT2D eigenvalue weighted by Gasteiger charge is -2.09. The van der Waals surface area contributed by atoms with E-state index in [1.165, 1.54) is 24.5 Å². The molecule has 9 nitrogen and oxygen atoms in total. The molecule has 3 rings (SSSR count). The van der Waals surface area contributed by atoms with Crippen molar-refractivity contribution >= 4 is 22.8 Å². The van der Waals surface area contributed by atoms with Gasteiger partial charge in [0.2, 0.25) is 0 Å². The summed E-state index contributed by atoms with van der Waals surface area (Å²) in [7, 11) is 0. The van der Waals surface area contributed by atoms with Crippen molar-refractivity contribution in [1.82, 2.24) is 20.3 Å². The third-order valence-corrected chi connectivity index (χ3v) is 3.81. The molecule has 1 amide bonds. The van der Waals surface area contributed by atoms with Crippen LogP contribution in [-0.4, -0.2) is 38.5 Å². The lowest BCUT2D eigenvalue weighted by Crippen LogP contribution is -2.24. The van der Waals surface area contributed by atoms with Crippen molar-refractivity contribution in [2.24, 2.45) is 0 Å². The second-order valence-corrected chi connectivity index (χ2v) is 5.65. The highest BCUT2D eigenvalue weighted by Crippen LogP contribution is 2.26. The largest absolute Gasteiger partial charge is 0.505 e. The molecule has 3 aromatic rings. The lowest BCUT2D eigenvalue weighted by molar-refractivity contribution is 0.0519. The molecule has 3 heterocycles. The van der Waals surface area contributed by atoms with Gasteiger partial charge in [-0.1, -0.05) is 6.07 Å². The Bertz CT molecular complexity index is 1090. The lowest BCUT2D eigenvalue weighted by atomic mass is 10.1. The van der Waals surface area contributed by atoms with Crippen LogP contribution in [0.3, 0.4) is 0 Å². The number of amides is 1. The highest BCUT2D eigenvalue weighted by molar-refractivity contribution is 6.01. The number of aromatic hydroxyl groups is 1. The van der Waals surface area contributed by atoms with Crippen LogP contribution in [0.4, 0.5) is 0 Å². The fourth-order valence-electron chi connectivity index (χ4n) is 2.43. The summed E-state index contributed by atoms with van der Waals surface area (Å²) >= 11 is 0. The zero-order valence-electron chi connectivity index (χ0n) is 14.8. The van der Waals surface area contributed by atoms with E-state index in [1.54, 1.807) is 19.1 Å². The van der Waals surface area contributed by atoms with E-state index in [-0.39, 0.29) is 46.9 Å². The van der Waals surface area contributed by atoms with Crippen LogP contribution < -0.4 is 5.32 Å². The summed E-state index contributed by atoms with van der Waals surface area (Å²) in [4.78, 5) is 36.1. The molecule has 0 saturated heterocycles. The average molecular weight is 377 g/mol. The number of nitrogens with zero attached hydrogens (tertiary/aromatic N) is 4. The van der Waals surface area contributed by atoms with Gasteiger partial charge in [0.1, 0.15) is 17.5 Å². The quantitative estimate of drug-likeness (QED) is 0.641. The normalized spacial score (nSPS) is 10.3. The Labute approximate surface area is 159 Å². The number of hydrogen-bond donors (Lipinski definition) is 2. The number of carbonyl (C=O) groups is 2. The molecule has 0 fully saturated rings. The number of hydrogen-bond acceptors (Lipinski definition) is 8. The van der Waals surface area contributed by atoms with E-state index >= 15 is 0 Å². The maximum absolute atomic E-state index is 12.4. The molecule has 0 unspecified atom stereocenters. The second kappa shape index (κ2) is 8.09. The van der Waals surface area contributed by atoms with Gasteiger partial charge in [-0.15, -0.1) is 0 Å². The number of carbonyl (C=O) groups excluding carboxylic acids is 2. The summed E-state index contributed by atoms with van der Waals surface area (Å²) in [6.07, 6.45) is 2.78. The molecule has 0 aliphatic carbocycles. The standard InChI is InChI=1S/C19H15N5O4/c1-2-28-19(27)14-6-5-13-15(24-14)10-22-16(17(13)25)18(26)23-9-11-3-4-12(7-20)21-8-11/h3-6,8,10,25H,2,9H2,1H3,(H,23,26). The van der Waals surface area contributed by atoms with Crippen LogP contribution in [-0.2, 0) is 11.3 Å². The highest BCUT2D eigenvalue weighted by Gasteiger charge is 2.18. The smallest absolute Gasteiger partial charge is 0.356 e. The molecule has 3 aromatic heterocycles. The molecule has 0 aromatic carbocycles. The number of esters is 1. The minimum atomic E-state index is -0.585. The molecule has 0 spiro atoms. The SMILES string of the molecule is CCOC(=O)c1ccc2c(O)c(C(=O)NCc3ccc(C#N)nc3)ncc2n1.